The molecule has 0 aromatic carbocycles. The summed E-state index contributed by atoms with van der Waals surface area (Å²) in [6.07, 6.45) is -0.716. The molecule has 6 amide bonds. The Labute approximate surface area is 138 Å². The van der Waals surface area contributed by atoms with Gasteiger partial charge >= 0.3 is 12.1 Å². The van der Waals surface area contributed by atoms with Crippen LogP contribution in [0.3, 0.4) is 0 Å². The van der Waals surface area contributed by atoms with Gasteiger partial charge in [0.2, 0.25) is 17.7 Å². The first-order valence-corrected chi connectivity index (χ1v) is 7.37. The monoisotopic (exact) mass is 340 g/mol. The summed E-state index contributed by atoms with van der Waals surface area (Å²) in [6, 6.07) is -1.91. The van der Waals surface area contributed by atoms with Gasteiger partial charge in [0.15, 0.2) is 5.41 Å². The van der Waals surface area contributed by atoms with Crippen molar-refractivity contribution in [2.24, 2.45) is 5.41 Å². The number of carbonyl (C=O) groups excluding carboxylic acids is 5. The first-order chi connectivity index (χ1) is 11.0. The van der Waals surface area contributed by atoms with Gasteiger partial charge in [-0.2, -0.15) is 0 Å². The number of urea groups is 1. The number of carbonyl (C=O) groups is 5. The average Bonchev–Trinajstić information content (AvgIpc) is 2.74. The molecule has 0 aromatic rings. The summed E-state index contributed by atoms with van der Waals surface area (Å²) in [7, 11) is 0. The highest BCUT2D eigenvalue weighted by Gasteiger charge is 2.62. The van der Waals surface area contributed by atoms with Crippen molar-refractivity contribution in [1.29, 1.82) is 0 Å². The molecular weight excluding hydrogens is 320 g/mol. The molecule has 0 saturated carbocycles. The number of nitrogens with one attached hydrogen (secondary N) is 3. The van der Waals surface area contributed by atoms with Gasteiger partial charge in [-0.3, -0.25) is 25.0 Å². The summed E-state index contributed by atoms with van der Waals surface area (Å²) in [5, 5.41) is 6.53. The summed E-state index contributed by atoms with van der Waals surface area (Å²) in [4.78, 5) is 60.9. The van der Waals surface area contributed by atoms with Gasteiger partial charge in [0.25, 0.3) is 0 Å². The predicted molar refractivity (Wildman–Crippen MR) is 79.5 cm³/mol. The van der Waals surface area contributed by atoms with E-state index >= 15 is 0 Å². The molecule has 10 heteroatoms. The molecule has 1 spiro atoms. The summed E-state index contributed by atoms with van der Waals surface area (Å²) < 4.78 is 5.24. The average molecular weight is 340 g/mol. The fourth-order valence-corrected chi connectivity index (χ4v) is 2.76. The lowest BCUT2D eigenvalue weighted by Crippen LogP contribution is -2.69. The van der Waals surface area contributed by atoms with Crippen molar-refractivity contribution in [2.75, 3.05) is 13.1 Å². The lowest BCUT2D eigenvalue weighted by atomic mass is 9.79. The van der Waals surface area contributed by atoms with Crippen LogP contribution in [0.15, 0.2) is 0 Å². The Balaban J connectivity index is 2.32. The number of barbiturate groups is 1. The number of imide groups is 2. The molecule has 1 unspecified atom stereocenters. The molecule has 0 aliphatic carbocycles. The van der Waals surface area contributed by atoms with Crippen molar-refractivity contribution < 1.29 is 28.7 Å². The van der Waals surface area contributed by atoms with Crippen LogP contribution in [0.4, 0.5) is 9.59 Å². The summed E-state index contributed by atoms with van der Waals surface area (Å²) in [6.45, 7) is 5.87. The quantitative estimate of drug-likeness (QED) is 0.529. The first-order valence-electron chi connectivity index (χ1n) is 7.37. The third-order valence-electron chi connectivity index (χ3n) is 3.73. The molecule has 24 heavy (non-hydrogen) atoms. The molecule has 3 N–H and O–H groups in total. The fourth-order valence-electron chi connectivity index (χ4n) is 2.76. The number of ether oxygens (including phenoxy) is 1. The summed E-state index contributed by atoms with van der Waals surface area (Å²) in [5.74, 6) is -2.19. The predicted octanol–water partition coefficient (Wildman–Crippen LogP) is -0.906. The Morgan fingerprint density at radius 1 is 1.21 bits per heavy atom. The van der Waals surface area contributed by atoms with Crippen molar-refractivity contribution in [3.8, 4) is 0 Å². The molecule has 2 saturated heterocycles. The number of rotatable bonds is 1. The van der Waals surface area contributed by atoms with Gasteiger partial charge < -0.3 is 15.0 Å². The van der Waals surface area contributed by atoms with Crippen LogP contribution in [0.1, 0.15) is 27.7 Å². The minimum Gasteiger partial charge on any atom is -0.444 e. The van der Waals surface area contributed by atoms with Gasteiger partial charge in [0.1, 0.15) is 5.60 Å². The molecule has 0 bridgehead atoms. The van der Waals surface area contributed by atoms with Gasteiger partial charge in [-0.25, -0.2) is 9.59 Å². The van der Waals surface area contributed by atoms with Gasteiger partial charge in [0, 0.05) is 20.0 Å². The lowest BCUT2D eigenvalue weighted by molar-refractivity contribution is -0.144. The zero-order valence-corrected chi connectivity index (χ0v) is 13.9. The number of likely N-dealkylation sites (tertiary alicyclic amines) is 1. The molecule has 10 nitrogen and oxygen atoms in total. The third kappa shape index (κ3) is 3.17. The van der Waals surface area contributed by atoms with Crippen LogP contribution < -0.4 is 16.0 Å². The van der Waals surface area contributed by atoms with Crippen molar-refractivity contribution in [2.45, 2.75) is 39.3 Å². The Kier molecular flexibility index (Phi) is 4.25. The maximum atomic E-state index is 12.4. The molecule has 1 atom stereocenters. The number of nitrogens with zero attached hydrogens (tertiary/aromatic N) is 1. The largest absolute Gasteiger partial charge is 0.444 e. The minimum absolute atomic E-state index is 0.0937. The van der Waals surface area contributed by atoms with Gasteiger partial charge in [0.05, 0.1) is 6.04 Å². The first kappa shape index (κ1) is 17.7. The van der Waals surface area contributed by atoms with Crippen molar-refractivity contribution in [1.82, 2.24) is 20.9 Å². The van der Waals surface area contributed by atoms with E-state index in [9.17, 15) is 24.0 Å². The zero-order valence-electron chi connectivity index (χ0n) is 13.9. The molecule has 2 rings (SSSR count). The summed E-state index contributed by atoms with van der Waals surface area (Å²) >= 11 is 0. The normalized spacial score (nSPS) is 22.9. The maximum absolute atomic E-state index is 12.4. The molecule has 2 fully saturated rings. The van der Waals surface area contributed by atoms with Crippen LogP contribution in [0.2, 0.25) is 0 Å². The van der Waals surface area contributed by atoms with Gasteiger partial charge in [-0.05, 0) is 20.8 Å². The van der Waals surface area contributed by atoms with Crippen LogP contribution in [0, 0.1) is 5.41 Å². The van der Waals surface area contributed by atoms with E-state index in [0.717, 1.165) is 0 Å². The number of amides is 6. The van der Waals surface area contributed by atoms with Crippen LogP contribution in [0.5, 0.6) is 0 Å². The van der Waals surface area contributed by atoms with Crippen LogP contribution >= 0.6 is 0 Å². The van der Waals surface area contributed by atoms with Gasteiger partial charge in [-0.15, -0.1) is 0 Å². The van der Waals surface area contributed by atoms with Crippen molar-refractivity contribution in [3.63, 3.8) is 0 Å². The highest BCUT2D eigenvalue weighted by Crippen LogP contribution is 2.34. The molecular formula is C14H20N4O6. The van der Waals surface area contributed by atoms with Crippen LogP contribution in [-0.2, 0) is 19.1 Å². The van der Waals surface area contributed by atoms with Gasteiger partial charge in [-0.1, -0.05) is 0 Å². The maximum Gasteiger partial charge on any atom is 0.410 e. The molecule has 132 valence electrons. The third-order valence-corrected chi connectivity index (χ3v) is 3.73. The summed E-state index contributed by atoms with van der Waals surface area (Å²) in [5.41, 5.74) is -2.54. The molecule has 2 heterocycles. The van der Waals surface area contributed by atoms with E-state index in [4.69, 9.17) is 4.74 Å². The molecule has 0 aromatic heterocycles. The topological polar surface area (TPSA) is 134 Å². The molecule has 2 aliphatic rings. The Morgan fingerprint density at radius 3 is 2.21 bits per heavy atom. The van der Waals surface area contributed by atoms with E-state index in [-0.39, 0.29) is 13.1 Å². The van der Waals surface area contributed by atoms with E-state index in [2.05, 4.69) is 5.32 Å². The van der Waals surface area contributed by atoms with Crippen molar-refractivity contribution in [3.05, 3.63) is 0 Å². The lowest BCUT2D eigenvalue weighted by Gasteiger charge is -2.34. The van der Waals surface area contributed by atoms with E-state index in [1.807, 2.05) is 10.6 Å². The standard InChI is InChI=1S/C14H20N4O6/c1-7(19)15-8-5-18(12(23)24-13(2,3)4)6-14(8)9(20)16-11(22)17-10(14)21/h8H,5-6H2,1-4H3,(H,15,19)(H2,16,17,20,21,22). The van der Waals surface area contributed by atoms with E-state index < -0.39 is 46.9 Å². The zero-order chi connectivity index (χ0) is 18.3. The van der Waals surface area contributed by atoms with E-state index in [1.165, 1.54) is 11.8 Å². The highest BCUT2D eigenvalue weighted by atomic mass is 16.6. The highest BCUT2D eigenvalue weighted by molar-refractivity contribution is 6.20. The molecule has 0 radical (unpaired) electrons. The van der Waals surface area contributed by atoms with Crippen molar-refractivity contribution >= 4 is 29.8 Å². The fraction of sp³-hybridized carbons (Fsp3) is 0.643. The second-order valence-corrected chi connectivity index (χ2v) is 6.82. The number of hydrogen-bond donors (Lipinski definition) is 3. The molecule has 2 aliphatic heterocycles. The Bertz CT molecular complexity index is 603. The second kappa shape index (κ2) is 5.77. The smallest absolute Gasteiger partial charge is 0.410 e. The van der Waals surface area contributed by atoms with Crippen LogP contribution in [-0.4, -0.2) is 59.5 Å². The number of hydrogen-bond acceptors (Lipinski definition) is 6. The van der Waals surface area contributed by atoms with E-state index in [0.29, 0.717) is 0 Å². The Morgan fingerprint density at radius 2 is 1.75 bits per heavy atom. The minimum atomic E-state index is -1.78. The Hall–Kier alpha value is -2.65. The second-order valence-electron chi connectivity index (χ2n) is 6.82. The SMILES string of the molecule is CC(=O)NC1CN(C(=O)OC(C)(C)C)CC12C(=O)NC(=O)NC2=O. The van der Waals surface area contributed by atoms with Crippen LogP contribution in [0.25, 0.3) is 0 Å². The van der Waals surface area contributed by atoms with E-state index in [1.54, 1.807) is 20.8 Å².